The Morgan fingerprint density at radius 3 is 2.47 bits per heavy atom. The lowest BCUT2D eigenvalue weighted by Gasteiger charge is -2.38. The van der Waals surface area contributed by atoms with Crippen molar-refractivity contribution in [2.24, 2.45) is 5.92 Å². The summed E-state index contributed by atoms with van der Waals surface area (Å²) in [7, 11) is 1.57. The molecule has 8 heteroatoms. The molecule has 4 atom stereocenters. The smallest absolute Gasteiger partial charge is 0.307 e. The van der Waals surface area contributed by atoms with E-state index in [2.05, 4.69) is 0 Å². The van der Waals surface area contributed by atoms with Gasteiger partial charge in [-0.05, 0) is 25.8 Å². The fraction of sp³-hybridized carbons (Fsp3) is 0.615. The summed E-state index contributed by atoms with van der Waals surface area (Å²) < 4.78 is 11.5. The van der Waals surface area contributed by atoms with Crippen molar-refractivity contribution < 1.29 is 28.7 Å². The Morgan fingerprint density at radius 2 is 1.79 bits per heavy atom. The number of ketones is 1. The summed E-state index contributed by atoms with van der Waals surface area (Å²) >= 11 is 0. The van der Waals surface area contributed by atoms with E-state index in [1.54, 1.807) is 12.0 Å². The number of rotatable bonds is 6. The molecule has 34 heavy (non-hydrogen) atoms. The first-order chi connectivity index (χ1) is 16.4. The molecule has 0 N–H and O–H groups in total. The van der Waals surface area contributed by atoms with E-state index in [1.165, 1.54) is 6.92 Å². The van der Waals surface area contributed by atoms with E-state index in [0.29, 0.717) is 5.75 Å². The quantitative estimate of drug-likeness (QED) is 0.471. The van der Waals surface area contributed by atoms with E-state index in [-0.39, 0.29) is 43.0 Å². The molecule has 3 saturated heterocycles. The summed E-state index contributed by atoms with van der Waals surface area (Å²) in [4.78, 5) is 56.2. The zero-order valence-electron chi connectivity index (χ0n) is 19.8. The minimum atomic E-state index is -1.31. The van der Waals surface area contributed by atoms with Crippen LogP contribution in [0.5, 0.6) is 5.75 Å². The molecule has 3 heterocycles. The number of benzene rings is 1. The van der Waals surface area contributed by atoms with Crippen LogP contribution in [0.2, 0.25) is 0 Å². The average Bonchev–Trinajstić information content (AvgIpc) is 3.20. The summed E-state index contributed by atoms with van der Waals surface area (Å²) in [6.45, 7) is 1.68. The lowest BCUT2D eigenvalue weighted by Crippen LogP contribution is -2.54. The number of hydrogen-bond donors (Lipinski definition) is 0. The molecular formula is C26H32N2O6. The van der Waals surface area contributed by atoms with Crippen molar-refractivity contribution in [1.82, 2.24) is 9.80 Å². The highest BCUT2D eigenvalue weighted by Gasteiger charge is 2.77. The van der Waals surface area contributed by atoms with Gasteiger partial charge in [0.1, 0.15) is 11.5 Å². The third-order valence-corrected chi connectivity index (χ3v) is 8.10. The van der Waals surface area contributed by atoms with Crippen LogP contribution >= 0.6 is 0 Å². The molecule has 1 aromatic carbocycles. The van der Waals surface area contributed by atoms with Gasteiger partial charge >= 0.3 is 5.97 Å². The maximum Gasteiger partial charge on any atom is 0.307 e. The molecule has 0 radical (unpaired) electrons. The minimum Gasteiger partial charge on any atom is -0.496 e. The van der Waals surface area contributed by atoms with Crippen LogP contribution in [0.15, 0.2) is 24.3 Å². The number of likely N-dealkylation sites (tertiary alicyclic amines) is 2. The molecule has 4 fully saturated rings. The van der Waals surface area contributed by atoms with Crippen LogP contribution in [0.3, 0.4) is 0 Å². The topological polar surface area (TPSA) is 93.2 Å². The van der Waals surface area contributed by atoms with Crippen molar-refractivity contribution in [3.63, 3.8) is 0 Å². The molecule has 3 aliphatic heterocycles. The predicted octanol–water partition coefficient (Wildman–Crippen LogP) is 2.62. The number of para-hydroxylation sites is 1. The first-order valence-electron chi connectivity index (χ1n) is 12.3. The van der Waals surface area contributed by atoms with Gasteiger partial charge in [0.25, 0.3) is 0 Å². The Morgan fingerprint density at radius 1 is 1.09 bits per heavy atom. The number of hydrogen-bond acceptors (Lipinski definition) is 6. The van der Waals surface area contributed by atoms with E-state index in [4.69, 9.17) is 9.47 Å². The number of nitrogens with zero attached hydrogens (tertiary/aromatic N) is 2. The SMILES string of the molecule is COc1ccccc1CN1C(=O)[C@@H]2CC(=O)O[C@]23[C@H]1C(=O)N(C1CCCCCC1)[C@@H]3CC(C)=O. The number of carbonyl (C=O) groups is 4. The van der Waals surface area contributed by atoms with E-state index in [1.807, 2.05) is 29.2 Å². The number of esters is 1. The molecule has 1 spiro atoms. The third-order valence-electron chi connectivity index (χ3n) is 8.10. The van der Waals surface area contributed by atoms with Gasteiger partial charge in [0.15, 0.2) is 11.6 Å². The first kappa shape index (κ1) is 22.9. The number of methoxy groups -OCH3 is 1. The fourth-order valence-electron chi connectivity index (χ4n) is 6.74. The maximum absolute atomic E-state index is 14.1. The third kappa shape index (κ3) is 3.41. The standard InChI is InChI=1S/C26H32N2O6/c1-16(29)13-21-26-19(14-22(30)34-26)24(31)27(15-17-9-7-8-12-20(17)33-2)23(26)25(32)28(21)18-10-5-3-4-6-11-18/h7-9,12,18-19,21,23H,3-6,10-11,13-15H2,1-2H3/t19-,21+,23+,26+/m0/s1. The number of Topliss-reactive ketones (excluding diaryl/α,β-unsaturated/α-hetero) is 1. The largest absolute Gasteiger partial charge is 0.496 e. The van der Waals surface area contributed by atoms with E-state index in [0.717, 1.165) is 44.1 Å². The van der Waals surface area contributed by atoms with E-state index in [9.17, 15) is 19.2 Å². The fourth-order valence-corrected chi connectivity index (χ4v) is 6.74. The van der Waals surface area contributed by atoms with Gasteiger partial charge in [-0.3, -0.25) is 19.2 Å². The normalized spacial score (nSPS) is 31.4. The number of amides is 2. The summed E-state index contributed by atoms with van der Waals surface area (Å²) in [5.41, 5.74) is -0.533. The van der Waals surface area contributed by atoms with Crippen LogP contribution in [0.25, 0.3) is 0 Å². The second kappa shape index (κ2) is 8.71. The van der Waals surface area contributed by atoms with Gasteiger partial charge in [-0.15, -0.1) is 0 Å². The van der Waals surface area contributed by atoms with Gasteiger partial charge in [-0.1, -0.05) is 43.9 Å². The monoisotopic (exact) mass is 468 g/mol. The van der Waals surface area contributed by atoms with Crippen molar-refractivity contribution in [3.8, 4) is 5.75 Å². The molecule has 1 aliphatic carbocycles. The Balaban J connectivity index is 1.59. The molecule has 5 rings (SSSR count). The highest BCUT2D eigenvalue weighted by Crippen LogP contribution is 2.55. The minimum absolute atomic E-state index is 0.0116. The Labute approximate surface area is 199 Å². The lowest BCUT2D eigenvalue weighted by atomic mass is 9.79. The second-order valence-electron chi connectivity index (χ2n) is 10.1. The predicted molar refractivity (Wildman–Crippen MR) is 122 cm³/mol. The van der Waals surface area contributed by atoms with Crippen molar-refractivity contribution in [2.75, 3.05) is 7.11 Å². The van der Waals surface area contributed by atoms with Gasteiger partial charge in [-0.2, -0.15) is 0 Å². The van der Waals surface area contributed by atoms with Crippen LogP contribution in [0.4, 0.5) is 0 Å². The molecule has 0 aromatic heterocycles. The van der Waals surface area contributed by atoms with Gasteiger partial charge in [-0.25, -0.2) is 0 Å². The molecule has 1 saturated carbocycles. The summed E-state index contributed by atoms with van der Waals surface area (Å²) in [5, 5.41) is 0. The molecule has 8 nitrogen and oxygen atoms in total. The van der Waals surface area contributed by atoms with Gasteiger partial charge < -0.3 is 19.3 Å². The molecule has 4 aliphatic rings. The Bertz CT molecular complexity index is 1020. The Kier molecular flexibility index (Phi) is 5.86. The molecule has 0 bridgehead atoms. The maximum atomic E-state index is 14.1. The highest BCUT2D eigenvalue weighted by molar-refractivity contribution is 6.02. The van der Waals surface area contributed by atoms with Crippen LogP contribution < -0.4 is 4.74 Å². The van der Waals surface area contributed by atoms with Gasteiger partial charge in [0.05, 0.1) is 32.0 Å². The molecule has 1 aromatic rings. The summed E-state index contributed by atoms with van der Waals surface area (Å²) in [5.74, 6) is -1.13. The van der Waals surface area contributed by atoms with Crippen LogP contribution in [-0.2, 0) is 30.5 Å². The van der Waals surface area contributed by atoms with E-state index >= 15 is 0 Å². The van der Waals surface area contributed by atoms with Crippen molar-refractivity contribution in [2.45, 2.75) is 88.6 Å². The highest BCUT2D eigenvalue weighted by atomic mass is 16.6. The average molecular weight is 469 g/mol. The first-order valence-corrected chi connectivity index (χ1v) is 12.3. The Hall–Kier alpha value is -2.90. The number of carbonyl (C=O) groups excluding carboxylic acids is 4. The van der Waals surface area contributed by atoms with Crippen LogP contribution in [-0.4, -0.2) is 64.2 Å². The molecule has 0 unspecified atom stereocenters. The zero-order valence-corrected chi connectivity index (χ0v) is 19.8. The van der Waals surface area contributed by atoms with E-state index < -0.39 is 29.6 Å². The van der Waals surface area contributed by atoms with Crippen molar-refractivity contribution in [3.05, 3.63) is 29.8 Å². The molecule has 182 valence electrons. The number of ether oxygens (including phenoxy) is 2. The van der Waals surface area contributed by atoms with Crippen LogP contribution in [0, 0.1) is 5.92 Å². The van der Waals surface area contributed by atoms with Crippen LogP contribution in [0.1, 0.15) is 63.9 Å². The summed E-state index contributed by atoms with van der Waals surface area (Å²) in [6, 6.07) is 5.85. The zero-order chi connectivity index (χ0) is 24.0. The second-order valence-corrected chi connectivity index (χ2v) is 10.1. The summed E-state index contributed by atoms with van der Waals surface area (Å²) in [6.07, 6.45) is 6.04. The van der Waals surface area contributed by atoms with Gasteiger partial charge in [0.2, 0.25) is 11.8 Å². The lowest BCUT2D eigenvalue weighted by molar-refractivity contribution is -0.154. The van der Waals surface area contributed by atoms with Crippen molar-refractivity contribution >= 4 is 23.6 Å². The van der Waals surface area contributed by atoms with Crippen molar-refractivity contribution in [1.29, 1.82) is 0 Å². The van der Waals surface area contributed by atoms with Gasteiger partial charge in [0, 0.05) is 18.0 Å². The molecule has 2 amide bonds. The molecular weight excluding hydrogens is 436 g/mol.